The zero-order chi connectivity index (χ0) is 31.2. The van der Waals surface area contributed by atoms with Gasteiger partial charge in [0.2, 0.25) is 5.71 Å². The predicted octanol–water partition coefficient (Wildman–Crippen LogP) is 2.17. The highest BCUT2D eigenvalue weighted by atomic mass is 32.2. The molecule has 0 bridgehead atoms. The molecule has 1 aromatic heterocycles. The number of β-lactam (4-membered cyclic amide) rings is 1. The third-order valence-corrected chi connectivity index (χ3v) is 8.18. The van der Waals surface area contributed by atoms with Crippen molar-refractivity contribution in [3.05, 3.63) is 107 Å². The lowest BCUT2D eigenvalue weighted by Gasteiger charge is -2.49. The van der Waals surface area contributed by atoms with E-state index in [2.05, 4.69) is 10.5 Å². The first-order valence-electron chi connectivity index (χ1n) is 13.4. The van der Waals surface area contributed by atoms with E-state index < -0.39 is 41.4 Å². The Morgan fingerprint density at radius 3 is 2.30 bits per heavy atom. The van der Waals surface area contributed by atoms with Gasteiger partial charge in [0.1, 0.15) is 36.6 Å². The molecular weight excluding hydrogens is 590 g/mol. The van der Waals surface area contributed by atoms with Crippen molar-refractivity contribution in [1.29, 1.82) is 0 Å². The topological polar surface area (TPSA) is 189 Å². The predicted molar refractivity (Wildman–Crippen MR) is 159 cm³/mol. The summed E-state index contributed by atoms with van der Waals surface area (Å²) >= 11 is 1.27. The number of rotatable bonds is 11. The molecule has 3 heterocycles. The number of furan rings is 1. The Kier molecular flexibility index (Phi) is 9.31. The Balaban J connectivity index is 1.41. The maximum absolute atomic E-state index is 13.9. The highest BCUT2D eigenvalue weighted by molar-refractivity contribution is 8.00. The number of esters is 1. The Bertz CT molecular complexity index is 1570. The molecule has 0 aliphatic carbocycles. The fraction of sp³-hybridized carbons (Fsp3) is 0.233. The van der Waals surface area contributed by atoms with E-state index >= 15 is 0 Å². The number of nitrogens with one attached hydrogen (secondary N) is 1. The van der Waals surface area contributed by atoms with Gasteiger partial charge in [-0.05, 0) is 23.3 Å². The Morgan fingerprint density at radius 1 is 1.07 bits per heavy atom. The molecule has 2 atom stereocenters. The van der Waals surface area contributed by atoms with E-state index in [0.717, 1.165) is 0 Å². The van der Waals surface area contributed by atoms with Crippen molar-refractivity contribution in [1.82, 2.24) is 10.2 Å². The second-order valence-corrected chi connectivity index (χ2v) is 10.7. The zero-order valence-electron chi connectivity index (χ0n) is 23.5. The molecule has 13 nitrogen and oxygen atoms in total. The van der Waals surface area contributed by atoms with E-state index in [1.54, 1.807) is 6.07 Å². The average Bonchev–Trinajstić information content (AvgIpc) is 3.53. The van der Waals surface area contributed by atoms with Gasteiger partial charge in [-0.15, -0.1) is 11.8 Å². The molecule has 3 aromatic rings. The minimum Gasteiger partial charge on any atom is -0.458 e. The average molecular weight is 620 g/mol. The molecule has 14 heteroatoms. The van der Waals surface area contributed by atoms with Crippen LogP contribution in [-0.4, -0.2) is 65.4 Å². The molecule has 1 saturated heterocycles. The molecule has 2 aliphatic heterocycles. The normalized spacial score (nSPS) is 17.9. The van der Waals surface area contributed by atoms with Gasteiger partial charge in [-0.1, -0.05) is 65.8 Å². The quantitative estimate of drug-likeness (QED) is 0.124. The van der Waals surface area contributed by atoms with Gasteiger partial charge >= 0.3 is 12.1 Å². The molecule has 1 fully saturated rings. The van der Waals surface area contributed by atoms with E-state index in [1.165, 1.54) is 29.8 Å². The summed E-state index contributed by atoms with van der Waals surface area (Å²) in [5, 5.41) is 5.76. The maximum atomic E-state index is 13.9. The van der Waals surface area contributed by atoms with Crippen molar-refractivity contribution >= 4 is 41.4 Å². The van der Waals surface area contributed by atoms with Crippen LogP contribution in [0, 0.1) is 0 Å². The maximum Gasteiger partial charge on any atom is 0.404 e. The van der Waals surface area contributed by atoms with Crippen molar-refractivity contribution in [3.63, 3.8) is 0 Å². The van der Waals surface area contributed by atoms with E-state index in [0.29, 0.717) is 22.5 Å². The van der Waals surface area contributed by atoms with Crippen molar-refractivity contribution < 1.29 is 37.9 Å². The molecule has 5 rings (SSSR count). The van der Waals surface area contributed by atoms with Gasteiger partial charge in [-0.2, -0.15) is 0 Å². The van der Waals surface area contributed by atoms with Gasteiger partial charge in [-0.25, -0.2) is 9.59 Å². The Hall–Kier alpha value is -5.08. The largest absolute Gasteiger partial charge is 0.458 e. The second kappa shape index (κ2) is 13.5. The zero-order valence-corrected chi connectivity index (χ0v) is 24.3. The molecule has 0 unspecified atom stereocenters. The molecule has 5 N–H and O–H groups in total. The molecule has 2 aromatic carbocycles. The summed E-state index contributed by atoms with van der Waals surface area (Å²) in [6, 6.07) is 20.4. The van der Waals surface area contributed by atoms with Crippen molar-refractivity contribution in [3.8, 4) is 0 Å². The van der Waals surface area contributed by atoms with Gasteiger partial charge in [0.15, 0.2) is 11.9 Å². The second-order valence-electron chi connectivity index (χ2n) is 9.62. The van der Waals surface area contributed by atoms with Crippen LogP contribution in [0.25, 0.3) is 0 Å². The van der Waals surface area contributed by atoms with Crippen molar-refractivity contribution in [2.24, 2.45) is 16.6 Å². The molecule has 0 spiro atoms. The Labute approximate surface area is 256 Å². The van der Waals surface area contributed by atoms with Crippen molar-refractivity contribution in [2.45, 2.75) is 24.1 Å². The van der Waals surface area contributed by atoms with Gasteiger partial charge in [0, 0.05) is 11.3 Å². The summed E-state index contributed by atoms with van der Waals surface area (Å²) in [5.74, 6) is -1.39. The fourth-order valence-corrected chi connectivity index (χ4v) is 6.13. The summed E-state index contributed by atoms with van der Waals surface area (Å²) in [4.78, 5) is 58.1. The number of carbonyl (C=O) groups excluding carboxylic acids is 4. The number of hydrogen-bond acceptors (Lipinski definition) is 11. The van der Waals surface area contributed by atoms with Gasteiger partial charge in [0.05, 0.1) is 6.54 Å². The number of oxime groups is 1. The number of fused-ring (bicyclic) bond motifs is 1. The third-order valence-electron chi connectivity index (χ3n) is 6.84. The van der Waals surface area contributed by atoms with Gasteiger partial charge < -0.3 is 35.5 Å². The van der Waals surface area contributed by atoms with Crippen molar-refractivity contribution in [2.75, 3.05) is 19.5 Å². The Morgan fingerprint density at radius 2 is 1.73 bits per heavy atom. The van der Waals surface area contributed by atoms with Crippen LogP contribution >= 0.6 is 11.8 Å². The lowest BCUT2D eigenvalue weighted by atomic mass is 10.0. The van der Waals surface area contributed by atoms with Gasteiger partial charge in [-0.3, -0.25) is 14.5 Å². The molecule has 44 heavy (non-hydrogen) atoms. The van der Waals surface area contributed by atoms with Gasteiger partial charge in [0.25, 0.3) is 11.8 Å². The van der Waals surface area contributed by atoms with E-state index in [4.69, 9.17) is 30.2 Å². The highest BCUT2D eigenvalue weighted by Crippen LogP contribution is 2.41. The number of ether oxygens (including phenoxy) is 2. The van der Waals surface area contributed by atoms with Crippen LogP contribution < -0.4 is 16.8 Å². The summed E-state index contributed by atoms with van der Waals surface area (Å²) < 4.78 is 16.6. The standard InChI is InChI=1S/C30H29N5O8S/c1-40-34-22(21-13-12-20(14-31)42-21)26(36)33-23-27(37)35-24(19(15-41-30(32)39)16-44-28(23)35)29(38)43-25(17-8-4-2-5-9-17)18-10-6-3-7-11-18/h2-13,23,25,28H,14-16,31H2,1H3,(H2,32,39)(H,33,36)/b34-22+/t23-,28-/m1/s1. The number of primary amides is 1. The number of nitrogens with zero attached hydrogens (tertiary/aromatic N) is 2. The number of nitrogens with two attached hydrogens (primary N) is 2. The number of hydrogen-bond donors (Lipinski definition) is 3. The van der Waals surface area contributed by atoms with Crippen LogP contribution in [0.5, 0.6) is 0 Å². The summed E-state index contributed by atoms with van der Waals surface area (Å²) in [5.41, 5.74) is 12.3. The number of carbonyl (C=O) groups is 4. The fourth-order valence-electron chi connectivity index (χ4n) is 4.80. The number of thioether (sulfide) groups is 1. The molecule has 3 amide bonds. The smallest absolute Gasteiger partial charge is 0.404 e. The molecule has 2 aliphatic rings. The highest BCUT2D eigenvalue weighted by Gasteiger charge is 2.55. The summed E-state index contributed by atoms with van der Waals surface area (Å²) in [7, 11) is 1.27. The number of amides is 3. The van der Waals surface area contributed by atoms with E-state index in [1.807, 2.05) is 60.7 Å². The minimum absolute atomic E-state index is 0.0771. The molecule has 0 saturated carbocycles. The third kappa shape index (κ3) is 6.31. The van der Waals surface area contributed by atoms with Crippen LogP contribution in [0.2, 0.25) is 0 Å². The lowest BCUT2D eigenvalue weighted by Crippen LogP contribution is -2.71. The molecule has 228 valence electrons. The van der Waals surface area contributed by atoms with Crippen LogP contribution in [-0.2, 0) is 35.2 Å². The summed E-state index contributed by atoms with van der Waals surface area (Å²) in [6.07, 6.45) is -1.83. The van der Waals surface area contributed by atoms with E-state index in [9.17, 15) is 19.2 Å². The molecule has 0 radical (unpaired) electrons. The first-order chi connectivity index (χ1) is 21.3. The van der Waals surface area contributed by atoms with Crippen LogP contribution in [0.4, 0.5) is 4.79 Å². The van der Waals surface area contributed by atoms with Crippen LogP contribution in [0.15, 0.2) is 93.6 Å². The molecular formula is C30H29N5O8S. The van der Waals surface area contributed by atoms with Crippen LogP contribution in [0.3, 0.4) is 0 Å². The minimum atomic E-state index is -1.04. The van der Waals surface area contributed by atoms with E-state index in [-0.39, 0.29) is 36.1 Å². The monoisotopic (exact) mass is 619 g/mol. The number of benzene rings is 2. The first-order valence-corrected chi connectivity index (χ1v) is 14.5. The SMILES string of the molecule is CO/N=C(/C(=O)N[C@@H]1C(=O)N2C(C(=O)OC(c3ccccc3)c3ccccc3)=C(COC(N)=O)CS[C@H]12)c1ccc(CN)o1. The van der Waals surface area contributed by atoms with Crippen LogP contribution in [0.1, 0.15) is 28.8 Å². The summed E-state index contributed by atoms with van der Waals surface area (Å²) in [6.45, 7) is -0.215. The first kappa shape index (κ1) is 30.4. The lowest BCUT2D eigenvalue weighted by molar-refractivity contribution is -0.154.